The van der Waals surface area contributed by atoms with Gasteiger partial charge < -0.3 is 10.2 Å². The van der Waals surface area contributed by atoms with Gasteiger partial charge in [0.05, 0.1) is 0 Å². The molecule has 0 aromatic heterocycles. The van der Waals surface area contributed by atoms with Crippen LogP contribution < -0.4 is 5.32 Å². The van der Waals surface area contributed by atoms with Crippen LogP contribution in [0.15, 0.2) is 30.3 Å². The minimum absolute atomic E-state index is 0.0806. The maximum absolute atomic E-state index is 12.9. The van der Waals surface area contributed by atoms with Crippen molar-refractivity contribution in [3.63, 3.8) is 0 Å². The summed E-state index contributed by atoms with van der Waals surface area (Å²) in [6.07, 6.45) is 11.3. The van der Waals surface area contributed by atoms with Crippen LogP contribution in [0.1, 0.15) is 63.4 Å². The van der Waals surface area contributed by atoms with Crippen LogP contribution in [0.25, 0.3) is 0 Å². The molecule has 4 nitrogen and oxygen atoms in total. The van der Waals surface area contributed by atoms with Crippen LogP contribution in [0.2, 0.25) is 0 Å². The van der Waals surface area contributed by atoms with Crippen LogP contribution in [0.4, 0.5) is 0 Å². The molecular weight excluding hydrogens is 372 g/mol. The second-order valence-electron chi connectivity index (χ2n) is 10.8. The maximum atomic E-state index is 12.9. The molecule has 0 atom stereocenters. The number of carbonyl (C=O) groups excluding carboxylic acids is 2. The SMILES string of the molecule is O=C(NCC12CC3CC(CC(C3)C1)C2)C1CCN(C(=O)CCc2ccccc2)CC1. The second kappa shape index (κ2) is 8.36. The van der Waals surface area contributed by atoms with Crippen LogP contribution in [0.5, 0.6) is 0 Å². The lowest BCUT2D eigenvalue weighted by atomic mass is 9.49. The monoisotopic (exact) mass is 408 g/mol. The normalized spacial score (nSPS) is 32.9. The number of amides is 2. The summed E-state index contributed by atoms with van der Waals surface area (Å²) in [6.45, 7) is 2.34. The van der Waals surface area contributed by atoms with Gasteiger partial charge in [0.15, 0.2) is 0 Å². The Morgan fingerprint density at radius 3 is 2.13 bits per heavy atom. The Kier molecular flexibility index (Phi) is 5.59. The van der Waals surface area contributed by atoms with E-state index in [1.807, 2.05) is 23.1 Å². The number of piperidine rings is 1. The summed E-state index contributed by atoms with van der Waals surface area (Å²) in [5.74, 6) is 3.33. The van der Waals surface area contributed by atoms with Crippen molar-refractivity contribution in [1.29, 1.82) is 0 Å². The number of nitrogens with zero attached hydrogens (tertiary/aromatic N) is 1. The van der Waals surface area contributed by atoms with Crippen molar-refractivity contribution in [2.45, 2.75) is 64.2 Å². The Hall–Kier alpha value is -1.84. The van der Waals surface area contributed by atoms with Gasteiger partial charge in [-0.3, -0.25) is 9.59 Å². The minimum Gasteiger partial charge on any atom is -0.355 e. The summed E-state index contributed by atoms with van der Waals surface area (Å²) in [7, 11) is 0. The summed E-state index contributed by atoms with van der Waals surface area (Å²) in [5.41, 5.74) is 1.61. The van der Waals surface area contributed by atoms with Gasteiger partial charge in [0.25, 0.3) is 0 Å². The molecule has 5 aliphatic rings. The Morgan fingerprint density at radius 2 is 1.53 bits per heavy atom. The molecule has 1 aliphatic heterocycles. The topological polar surface area (TPSA) is 49.4 Å². The zero-order chi connectivity index (χ0) is 20.6. The van der Waals surface area contributed by atoms with E-state index in [0.717, 1.165) is 56.7 Å². The highest BCUT2D eigenvalue weighted by atomic mass is 16.2. The summed E-state index contributed by atoms with van der Waals surface area (Å²) < 4.78 is 0. The van der Waals surface area contributed by atoms with Crippen LogP contribution in [-0.4, -0.2) is 36.3 Å². The van der Waals surface area contributed by atoms with Crippen molar-refractivity contribution in [3.8, 4) is 0 Å². The molecule has 0 spiro atoms. The molecule has 1 aromatic rings. The van der Waals surface area contributed by atoms with E-state index in [4.69, 9.17) is 0 Å². The van der Waals surface area contributed by atoms with Crippen molar-refractivity contribution < 1.29 is 9.59 Å². The first-order valence-corrected chi connectivity index (χ1v) is 12.2. The van der Waals surface area contributed by atoms with Crippen LogP contribution in [0, 0.1) is 29.1 Å². The molecule has 4 saturated carbocycles. The highest BCUT2D eigenvalue weighted by Crippen LogP contribution is 2.59. The van der Waals surface area contributed by atoms with E-state index in [1.54, 1.807) is 0 Å². The number of carbonyl (C=O) groups is 2. The highest BCUT2D eigenvalue weighted by molar-refractivity contribution is 5.80. The molecule has 4 bridgehead atoms. The lowest BCUT2D eigenvalue weighted by molar-refractivity contribution is -0.136. The van der Waals surface area contributed by atoms with E-state index in [0.29, 0.717) is 11.8 Å². The summed E-state index contributed by atoms with van der Waals surface area (Å²) in [4.78, 5) is 27.4. The van der Waals surface area contributed by atoms with Gasteiger partial charge in [-0.1, -0.05) is 30.3 Å². The Labute approximate surface area is 180 Å². The van der Waals surface area contributed by atoms with E-state index in [9.17, 15) is 9.59 Å². The lowest BCUT2D eigenvalue weighted by Crippen LogP contribution is -2.52. The zero-order valence-corrected chi connectivity index (χ0v) is 18.2. The van der Waals surface area contributed by atoms with E-state index >= 15 is 0 Å². The second-order valence-corrected chi connectivity index (χ2v) is 10.8. The minimum atomic E-state index is 0.0806. The van der Waals surface area contributed by atoms with Gasteiger partial charge in [-0.05, 0) is 86.5 Å². The van der Waals surface area contributed by atoms with E-state index in [-0.39, 0.29) is 17.7 Å². The van der Waals surface area contributed by atoms with Gasteiger partial charge in [-0.2, -0.15) is 0 Å². The van der Waals surface area contributed by atoms with Crippen molar-refractivity contribution in [2.24, 2.45) is 29.1 Å². The van der Waals surface area contributed by atoms with Crippen LogP contribution in [-0.2, 0) is 16.0 Å². The summed E-state index contributed by atoms with van der Waals surface area (Å²) in [6, 6.07) is 10.2. The van der Waals surface area contributed by atoms with Crippen molar-refractivity contribution in [3.05, 3.63) is 35.9 Å². The fourth-order valence-electron chi connectivity index (χ4n) is 7.37. The Bertz CT molecular complexity index is 731. The van der Waals surface area contributed by atoms with Gasteiger partial charge in [-0.15, -0.1) is 0 Å². The van der Waals surface area contributed by atoms with E-state index < -0.39 is 0 Å². The summed E-state index contributed by atoms with van der Waals surface area (Å²) in [5, 5.41) is 3.36. The fourth-order valence-corrected chi connectivity index (χ4v) is 7.37. The van der Waals surface area contributed by atoms with Crippen molar-refractivity contribution >= 4 is 11.8 Å². The number of likely N-dealkylation sites (tertiary alicyclic amines) is 1. The highest BCUT2D eigenvalue weighted by Gasteiger charge is 2.50. The Morgan fingerprint density at radius 1 is 0.933 bits per heavy atom. The molecule has 2 amide bonds. The first-order valence-electron chi connectivity index (χ1n) is 12.2. The van der Waals surface area contributed by atoms with Crippen molar-refractivity contribution in [2.75, 3.05) is 19.6 Å². The van der Waals surface area contributed by atoms with Crippen LogP contribution >= 0.6 is 0 Å². The first-order chi connectivity index (χ1) is 14.6. The largest absolute Gasteiger partial charge is 0.355 e. The number of nitrogens with one attached hydrogen (secondary N) is 1. The third kappa shape index (κ3) is 4.29. The number of aryl methyl sites for hydroxylation is 1. The Balaban J connectivity index is 1.06. The predicted octanol–water partition coefficient (Wildman–Crippen LogP) is 4.19. The molecule has 6 rings (SSSR count). The average Bonchev–Trinajstić information content (AvgIpc) is 2.76. The molecule has 5 fully saturated rings. The molecule has 30 heavy (non-hydrogen) atoms. The quantitative estimate of drug-likeness (QED) is 0.767. The van der Waals surface area contributed by atoms with Gasteiger partial charge in [0, 0.05) is 32.0 Å². The van der Waals surface area contributed by atoms with Gasteiger partial charge in [0.2, 0.25) is 11.8 Å². The van der Waals surface area contributed by atoms with Gasteiger partial charge in [-0.25, -0.2) is 0 Å². The van der Waals surface area contributed by atoms with Gasteiger partial charge >= 0.3 is 0 Å². The zero-order valence-electron chi connectivity index (χ0n) is 18.2. The third-order valence-electron chi connectivity index (χ3n) is 8.49. The molecule has 4 aliphatic carbocycles. The molecule has 1 aromatic carbocycles. The molecule has 1 N–H and O–H groups in total. The van der Waals surface area contributed by atoms with Gasteiger partial charge in [0.1, 0.15) is 0 Å². The molecule has 162 valence electrons. The molecular formula is C26H36N2O2. The predicted molar refractivity (Wildman–Crippen MR) is 118 cm³/mol. The number of benzene rings is 1. The fraction of sp³-hybridized carbons (Fsp3) is 0.692. The molecule has 0 unspecified atom stereocenters. The number of hydrogen-bond donors (Lipinski definition) is 1. The van der Waals surface area contributed by atoms with E-state index in [1.165, 1.54) is 44.1 Å². The summed E-state index contributed by atoms with van der Waals surface area (Å²) >= 11 is 0. The third-order valence-corrected chi connectivity index (χ3v) is 8.49. The average molecular weight is 409 g/mol. The van der Waals surface area contributed by atoms with Crippen LogP contribution in [0.3, 0.4) is 0 Å². The van der Waals surface area contributed by atoms with Crippen molar-refractivity contribution in [1.82, 2.24) is 10.2 Å². The molecule has 1 heterocycles. The standard InChI is InChI=1S/C26H36N2O2/c29-24(7-6-19-4-2-1-3-5-19)28-10-8-23(9-11-28)25(30)27-18-26-15-20-12-21(16-26)14-22(13-20)17-26/h1-5,20-23H,6-18H2,(H,27,30). The van der Waals surface area contributed by atoms with E-state index in [2.05, 4.69) is 17.4 Å². The molecule has 4 heteroatoms. The molecule has 0 radical (unpaired) electrons. The first kappa shape index (κ1) is 20.1. The maximum Gasteiger partial charge on any atom is 0.223 e. The number of hydrogen-bond acceptors (Lipinski definition) is 2. The number of rotatable bonds is 6. The molecule has 1 saturated heterocycles. The smallest absolute Gasteiger partial charge is 0.223 e. The lowest BCUT2D eigenvalue weighted by Gasteiger charge is -2.57.